The average molecular weight is 1110 g/mol. The van der Waals surface area contributed by atoms with E-state index in [1.54, 1.807) is 0 Å². The Labute approximate surface area is 353 Å². The van der Waals surface area contributed by atoms with Gasteiger partial charge in [-0.05, 0) is 12.1 Å². The van der Waals surface area contributed by atoms with Crippen LogP contribution in [0.4, 0.5) is 140 Å². The van der Waals surface area contributed by atoms with Gasteiger partial charge in [0.25, 0.3) is 10.1 Å². The summed E-state index contributed by atoms with van der Waals surface area (Å²) in [5.41, 5.74) is 0. The molecule has 0 aromatic heterocycles. The molecule has 0 atom stereocenters. The lowest BCUT2D eigenvalue weighted by Crippen LogP contribution is -2.74. The third-order valence-corrected chi connectivity index (χ3v) is 9.06. The van der Waals surface area contributed by atoms with Crippen molar-refractivity contribution in [3.8, 4) is 11.5 Å². The molecule has 0 saturated heterocycles. The lowest BCUT2D eigenvalue weighted by molar-refractivity contribution is -0.448. The van der Waals surface area contributed by atoms with E-state index in [2.05, 4.69) is 18.9 Å². The van der Waals surface area contributed by atoms with Gasteiger partial charge in [0, 0.05) is 6.07 Å². The van der Waals surface area contributed by atoms with E-state index in [4.69, 9.17) is 4.55 Å². The topological polar surface area (TPSA) is 91.3 Å². The predicted molar refractivity (Wildman–Crippen MR) is 150 cm³/mol. The lowest BCUT2D eigenvalue weighted by Gasteiger charge is -2.42. The number of halogens is 32. The normalized spacial score (nSPS) is 15.7. The first-order chi connectivity index (χ1) is 29.7. The molecule has 0 amide bonds. The van der Waals surface area contributed by atoms with Crippen LogP contribution in [0.3, 0.4) is 0 Å². The van der Waals surface area contributed by atoms with Gasteiger partial charge in [-0.1, -0.05) is 0 Å². The van der Waals surface area contributed by atoms with E-state index >= 15 is 0 Å². The molecule has 0 fully saturated rings. The number of benzene rings is 1. The molecule has 1 aromatic carbocycles. The second-order valence-corrected chi connectivity index (χ2v) is 14.3. The van der Waals surface area contributed by atoms with E-state index in [1.807, 2.05) is 0 Å². The van der Waals surface area contributed by atoms with Crippen molar-refractivity contribution in [1.82, 2.24) is 0 Å². The van der Waals surface area contributed by atoms with Gasteiger partial charge in [-0.3, -0.25) is 4.55 Å². The minimum absolute atomic E-state index is 0.0535. The van der Waals surface area contributed by atoms with Crippen LogP contribution >= 0.6 is 0 Å². The van der Waals surface area contributed by atoms with E-state index in [1.165, 1.54) is 0 Å². The molecular formula is C28H18F32O7S. The Morgan fingerprint density at radius 1 is 0.397 bits per heavy atom. The number of alkyl halides is 32. The third kappa shape index (κ3) is 10.0. The van der Waals surface area contributed by atoms with Crippen molar-refractivity contribution < 1.29 is 172 Å². The summed E-state index contributed by atoms with van der Waals surface area (Å²) in [4.78, 5) is -1.33. The van der Waals surface area contributed by atoms with E-state index < -0.39 is 162 Å². The molecule has 0 heterocycles. The van der Waals surface area contributed by atoms with E-state index in [0.717, 1.165) is 0 Å². The Morgan fingerprint density at radius 3 is 0.941 bits per heavy atom. The average Bonchev–Trinajstić information content (AvgIpc) is 3.16. The third-order valence-electron chi connectivity index (χ3n) is 8.21. The monoisotopic (exact) mass is 1110 g/mol. The summed E-state index contributed by atoms with van der Waals surface area (Å²) in [5.74, 6) is -117. The fraction of sp³-hybridized carbons (Fsp3) is 0.786. The van der Waals surface area contributed by atoms with Crippen molar-refractivity contribution in [3.05, 3.63) is 18.2 Å². The summed E-state index contributed by atoms with van der Waals surface area (Å²) in [6.07, 6.45) is -12.2. The quantitative estimate of drug-likeness (QED) is 0.0533. The van der Waals surface area contributed by atoms with Crippen LogP contribution in [0.1, 0.15) is 0 Å². The van der Waals surface area contributed by atoms with Gasteiger partial charge in [0.2, 0.25) is 0 Å². The SMILES string of the molecule is O=S(=O)(O)c1ccc(OCCOCC(F)(F)C(F)(F)C(F)(F)C(F)(F)C(F)(F)C(F)(F)C(F)(F)C(F)F)c(OCCOCC(F)(F)C(F)(F)C(F)(F)C(F)(F)C(F)(F)C(F)(F)C(F)(F)C(F)F)c1. The van der Waals surface area contributed by atoms with Crippen LogP contribution in [-0.4, -0.2) is 148 Å². The van der Waals surface area contributed by atoms with Crippen LogP contribution in [0.2, 0.25) is 0 Å². The first-order valence-electron chi connectivity index (χ1n) is 16.0. The molecule has 1 rings (SSSR count). The fourth-order valence-corrected chi connectivity index (χ4v) is 4.72. The highest BCUT2D eigenvalue weighted by Gasteiger charge is 2.95. The first-order valence-corrected chi connectivity index (χ1v) is 17.5. The molecule has 7 nitrogen and oxygen atoms in total. The fourth-order valence-electron chi connectivity index (χ4n) is 4.22. The molecule has 0 aliphatic carbocycles. The van der Waals surface area contributed by atoms with Crippen molar-refractivity contribution in [3.63, 3.8) is 0 Å². The number of hydrogen-bond acceptors (Lipinski definition) is 6. The van der Waals surface area contributed by atoms with Crippen molar-refractivity contribution >= 4 is 10.1 Å². The molecule has 0 aliphatic rings. The molecule has 40 heteroatoms. The number of ether oxygens (including phenoxy) is 4. The molecular weight excluding hydrogens is 1090 g/mol. The van der Waals surface area contributed by atoms with Gasteiger partial charge in [-0.2, -0.15) is 131 Å². The summed E-state index contributed by atoms with van der Waals surface area (Å²) >= 11 is 0. The lowest BCUT2D eigenvalue weighted by atomic mass is 9.89. The van der Waals surface area contributed by atoms with Crippen molar-refractivity contribution in [2.45, 2.75) is 101 Å². The Morgan fingerprint density at radius 2 is 0.662 bits per heavy atom. The Hall–Kier alpha value is -3.59. The van der Waals surface area contributed by atoms with Gasteiger partial charge in [-0.25, -0.2) is 17.6 Å². The Bertz CT molecular complexity index is 1990. The number of hydrogen-bond donors (Lipinski definition) is 1. The second kappa shape index (κ2) is 18.9. The van der Waals surface area contributed by atoms with Crippen LogP contribution in [0.15, 0.2) is 23.1 Å². The summed E-state index contributed by atoms with van der Waals surface area (Å²) < 4.78 is 480. The Balaban J connectivity index is 3.21. The zero-order valence-corrected chi connectivity index (χ0v) is 31.8. The highest BCUT2D eigenvalue weighted by Crippen LogP contribution is 2.64. The molecule has 0 spiro atoms. The maximum atomic E-state index is 14.1. The molecule has 1 N–H and O–H groups in total. The molecule has 0 saturated carbocycles. The second-order valence-electron chi connectivity index (χ2n) is 12.9. The molecule has 0 bridgehead atoms. The maximum Gasteiger partial charge on any atom is 0.384 e. The minimum Gasteiger partial charge on any atom is -0.487 e. The summed E-state index contributed by atoms with van der Waals surface area (Å²) in [7, 11) is -5.40. The predicted octanol–water partition coefficient (Wildman–Crippen LogP) is 11.1. The van der Waals surface area contributed by atoms with Gasteiger partial charge >= 0.3 is 95.8 Å². The van der Waals surface area contributed by atoms with Gasteiger partial charge in [0.15, 0.2) is 11.5 Å². The van der Waals surface area contributed by atoms with Gasteiger partial charge in [0.05, 0.1) is 18.1 Å². The van der Waals surface area contributed by atoms with Crippen molar-refractivity contribution in [1.29, 1.82) is 0 Å². The zero-order chi connectivity index (χ0) is 54.6. The highest BCUT2D eigenvalue weighted by molar-refractivity contribution is 7.85. The maximum absolute atomic E-state index is 14.1. The molecule has 0 unspecified atom stereocenters. The van der Waals surface area contributed by atoms with Crippen molar-refractivity contribution in [2.24, 2.45) is 0 Å². The van der Waals surface area contributed by atoms with Gasteiger partial charge in [0.1, 0.15) is 26.4 Å². The Kier molecular flexibility index (Phi) is 17.3. The van der Waals surface area contributed by atoms with Gasteiger partial charge < -0.3 is 18.9 Å². The van der Waals surface area contributed by atoms with E-state index in [9.17, 15) is 149 Å². The summed E-state index contributed by atoms with van der Waals surface area (Å²) in [5, 5.41) is 0. The summed E-state index contributed by atoms with van der Waals surface area (Å²) in [6.45, 7) is -13.6. The van der Waals surface area contributed by atoms with Crippen molar-refractivity contribution in [2.75, 3.05) is 39.6 Å². The summed E-state index contributed by atoms with van der Waals surface area (Å²) in [6, 6.07) is 0.582. The number of rotatable bonds is 27. The van der Waals surface area contributed by atoms with Gasteiger partial charge in [-0.15, -0.1) is 0 Å². The standard InChI is InChI=1S/C28H18F32O7S/c29-13(30)17(37,38)21(45,46)25(53,54)27(57,58)23(49,50)19(41,42)15(33,34)8-64-3-5-66-11-2-1-10(68(61,62)63)7-12(11)67-6-4-65-9-16(35,36)20(43,44)24(51,52)28(59,60)26(55,56)22(47,48)18(39,40)14(31)32/h1-2,7,13-14H,3-6,8-9H2,(H,61,62,63). The molecule has 402 valence electrons. The smallest absolute Gasteiger partial charge is 0.384 e. The molecule has 0 radical (unpaired) electrons. The molecule has 1 aromatic rings. The first kappa shape index (κ1) is 62.4. The minimum atomic E-state index is -8.76. The van der Waals surface area contributed by atoms with Crippen LogP contribution in [-0.2, 0) is 19.6 Å². The van der Waals surface area contributed by atoms with Crippen LogP contribution in [0.25, 0.3) is 0 Å². The zero-order valence-electron chi connectivity index (χ0n) is 31.0. The molecule has 68 heavy (non-hydrogen) atoms. The van der Waals surface area contributed by atoms with Crippen LogP contribution in [0, 0.1) is 0 Å². The van der Waals surface area contributed by atoms with Crippen LogP contribution in [0.5, 0.6) is 11.5 Å². The van der Waals surface area contributed by atoms with Crippen LogP contribution < -0.4 is 9.47 Å². The van der Waals surface area contributed by atoms with E-state index in [0.29, 0.717) is 0 Å². The largest absolute Gasteiger partial charge is 0.487 e. The van der Waals surface area contributed by atoms with E-state index in [-0.39, 0.29) is 18.2 Å². The highest BCUT2D eigenvalue weighted by atomic mass is 32.2. The molecule has 0 aliphatic heterocycles.